The highest BCUT2D eigenvalue weighted by molar-refractivity contribution is 6.16. The topological polar surface area (TPSA) is 49.4 Å². The maximum absolute atomic E-state index is 12.5. The number of anilines is 1. The second kappa shape index (κ2) is 4.50. The predicted octanol–water partition coefficient (Wildman–Crippen LogP) is 2.93. The van der Waals surface area contributed by atoms with E-state index >= 15 is 0 Å². The maximum Gasteiger partial charge on any atom is 0.416 e. The lowest BCUT2D eigenvalue weighted by Crippen LogP contribution is -2.59. The van der Waals surface area contributed by atoms with E-state index in [1.165, 1.54) is 0 Å². The van der Waals surface area contributed by atoms with Crippen LogP contribution in [0, 0.1) is 0 Å². The summed E-state index contributed by atoms with van der Waals surface area (Å²) in [6.07, 6.45) is -4.37. The van der Waals surface area contributed by atoms with Crippen molar-refractivity contribution in [3.05, 3.63) is 29.8 Å². The molecule has 0 unspecified atom stereocenters. The molecule has 1 aromatic carbocycles. The Morgan fingerprint density at radius 3 is 2.15 bits per heavy atom. The maximum atomic E-state index is 12.5. The van der Waals surface area contributed by atoms with Gasteiger partial charge in [0.2, 0.25) is 5.91 Å². The average molecular weight is 286 g/mol. The Balaban J connectivity index is 2.28. The van der Waals surface area contributed by atoms with Crippen LogP contribution in [0.5, 0.6) is 0 Å². The van der Waals surface area contributed by atoms with E-state index in [-0.39, 0.29) is 12.1 Å². The van der Waals surface area contributed by atoms with Gasteiger partial charge in [-0.1, -0.05) is 0 Å². The summed E-state index contributed by atoms with van der Waals surface area (Å²) in [5, 5.41) is 2.62. The van der Waals surface area contributed by atoms with Gasteiger partial charge in [0.05, 0.1) is 17.7 Å². The highest BCUT2D eigenvalue weighted by Crippen LogP contribution is 2.31. The van der Waals surface area contributed by atoms with Crippen molar-refractivity contribution >= 4 is 17.6 Å². The van der Waals surface area contributed by atoms with Crippen LogP contribution < -0.4 is 10.2 Å². The number of carbonyl (C=O) groups is 2. The molecular weight excluding hydrogens is 273 g/mol. The average Bonchev–Trinajstić information content (AvgIpc) is 2.25. The van der Waals surface area contributed by atoms with Crippen molar-refractivity contribution in [2.45, 2.75) is 32.0 Å². The molecular formula is C13H13F3N2O2. The molecule has 2 rings (SSSR count). The fourth-order valence-electron chi connectivity index (χ4n) is 2.02. The highest BCUT2D eigenvalue weighted by atomic mass is 19.4. The second-order valence-corrected chi connectivity index (χ2v) is 5.26. The van der Waals surface area contributed by atoms with Crippen LogP contribution in [-0.2, 0) is 11.0 Å². The molecule has 0 bridgehead atoms. The fraction of sp³-hybridized carbons (Fsp3) is 0.385. The summed E-state index contributed by atoms with van der Waals surface area (Å²) < 4.78 is 37.4. The van der Waals surface area contributed by atoms with Crippen LogP contribution in [0.25, 0.3) is 0 Å². The third-order valence-corrected chi connectivity index (χ3v) is 2.94. The number of alkyl halides is 3. The van der Waals surface area contributed by atoms with Crippen LogP contribution in [0.2, 0.25) is 0 Å². The normalized spacial score (nSPS) is 18.9. The van der Waals surface area contributed by atoms with Crippen molar-refractivity contribution in [3.8, 4) is 0 Å². The lowest BCUT2D eigenvalue weighted by atomic mass is 9.97. The van der Waals surface area contributed by atoms with Gasteiger partial charge in [0.1, 0.15) is 0 Å². The van der Waals surface area contributed by atoms with Crippen LogP contribution >= 0.6 is 0 Å². The number of carbonyl (C=O) groups excluding carboxylic acids is 2. The standard InChI is InChI=1S/C13H13F3N2O2/c1-12(2)7-10(19)18(11(20)17-12)9-5-3-8(4-6-9)13(14,15)16/h3-6H,7H2,1-2H3,(H,17,20). The molecule has 0 aromatic heterocycles. The Morgan fingerprint density at radius 1 is 1.15 bits per heavy atom. The minimum atomic E-state index is -4.45. The van der Waals surface area contributed by atoms with Crippen LogP contribution in [0.15, 0.2) is 24.3 Å². The molecule has 1 heterocycles. The monoisotopic (exact) mass is 286 g/mol. The zero-order valence-corrected chi connectivity index (χ0v) is 10.9. The van der Waals surface area contributed by atoms with Crippen molar-refractivity contribution in [3.63, 3.8) is 0 Å². The van der Waals surface area contributed by atoms with Crippen LogP contribution in [0.1, 0.15) is 25.8 Å². The van der Waals surface area contributed by atoms with Gasteiger partial charge in [0.25, 0.3) is 0 Å². The SMILES string of the molecule is CC1(C)CC(=O)N(c2ccc(C(F)(F)F)cc2)C(=O)N1. The first kappa shape index (κ1) is 14.4. The van der Waals surface area contributed by atoms with Crippen molar-refractivity contribution in [2.24, 2.45) is 0 Å². The summed E-state index contributed by atoms with van der Waals surface area (Å²) in [5.41, 5.74) is -1.36. The van der Waals surface area contributed by atoms with Gasteiger partial charge >= 0.3 is 12.2 Å². The van der Waals surface area contributed by atoms with E-state index in [0.29, 0.717) is 0 Å². The highest BCUT2D eigenvalue weighted by Gasteiger charge is 2.38. The van der Waals surface area contributed by atoms with Crippen LogP contribution in [0.4, 0.5) is 23.7 Å². The van der Waals surface area contributed by atoms with E-state index in [1.807, 2.05) is 0 Å². The summed E-state index contributed by atoms with van der Waals surface area (Å²) in [5.74, 6) is -0.446. The van der Waals surface area contributed by atoms with Crippen LogP contribution in [0.3, 0.4) is 0 Å². The number of urea groups is 1. The van der Waals surface area contributed by atoms with Gasteiger partial charge in [0, 0.05) is 5.54 Å². The summed E-state index contributed by atoms with van der Waals surface area (Å²) in [6, 6.07) is 3.27. The summed E-state index contributed by atoms with van der Waals surface area (Å²) >= 11 is 0. The van der Waals surface area contributed by atoms with E-state index in [1.54, 1.807) is 13.8 Å². The van der Waals surface area contributed by atoms with E-state index < -0.39 is 29.2 Å². The minimum absolute atomic E-state index is 0.0831. The van der Waals surface area contributed by atoms with Crippen molar-refractivity contribution in [1.29, 1.82) is 0 Å². The molecule has 3 amide bonds. The van der Waals surface area contributed by atoms with Gasteiger partial charge in [-0.25, -0.2) is 9.69 Å². The van der Waals surface area contributed by atoms with Gasteiger partial charge < -0.3 is 5.32 Å². The number of nitrogens with zero attached hydrogens (tertiary/aromatic N) is 1. The molecule has 1 N–H and O–H groups in total. The van der Waals surface area contributed by atoms with Gasteiger partial charge in [-0.05, 0) is 38.1 Å². The number of hydrogen-bond donors (Lipinski definition) is 1. The Morgan fingerprint density at radius 2 is 1.70 bits per heavy atom. The van der Waals surface area contributed by atoms with Gasteiger partial charge in [-0.3, -0.25) is 4.79 Å². The first-order valence-corrected chi connectivity index (χ1v) is 5.92. The molecule has 1 saturated heterocycles. The molecule has 1 aliphatic heterocycles. The first-order chi connectivity index (χ1) is 9.10. The van der Waals surface area contributed by atoms with Gasteiger partial charge in [-0.2, -0.15) is 13.2 Å². The molecule has 1 fully saturated rings. The fourth-order valence-corrected chi connectivity index (χ4v) is 2.02. The summed E-state index contributed by atoms with van der Waals surface area (Å²) in [6.45, 7) is 3.40. The third kappa shape index (κ3) is 2.76. The molecule has 0 spiro atoms. The molecule has 1 aromatic rings. The Hall–Kier alpha value is -2.05. The number of nitrogens with one attached hydrogen (secondary N) is 1. The van der Waals surface area contributed by atoms with Gasteiger partial charge in [0.15, 0.2) is 0 Å². The molecule has 0 atom stereocenters. The lowest BCUT2D eigenvalue weighted by molar-refractivity contribution is -0.137. The molecule has 0 saturated carbocycles. The molecule has 0 aliphatic carbocycles. The molecule has 1 aliphatic rings. The molecule has 20 heavy (non-hydrogen) atoms. The van der Waals surface area contributed by atoms with E-state index in [4.69, 9.17) is 0 Å². The van der Waals surface area contributed by atoms with Crippen molar-refractivity contribution in [1.82, 2.24) is 5.32 Å². The first-order valence-electron chi connectivity index (χ1n) is 5.92. The Kier molecular flexibility index (Phi) is 3.23. The van der Waals surface area contributed by atoms with Crippen molar-refractivity contribution in [2.75, 3.05) is 4.90 Å². The van der Waals surface area contributed by atoms with E-state index in [0.717, 1.165) is 29.2 Å². The van der Waals surface area contributed by atoms with Crippen LogP contribution in [-0.4, -0.2) is 17.5 Å². The third-order valence-electron chi connectivity index (χ3n) is 2.94. The zero-order valence-electron chi connectivity index (χ0n) is 10.9. The predicted molar refractivity (Wildman–Crippen MR) is 66.2 cm³/mol. The Bertz CT molecular complexity index is 530. The smallest absolute Gasteiger partial charge is 0.332 e. The minimum Gasteiger partial charge on any atom is -0.332 e. The number of hydrogen-bond acceptors (Lipinski definition) is 2. The lowest BCUT2D eigenvalue weighted by Gasteiger charge is -2.36. The number of amides is 3. The molecule has 4 nitrogen and oxygen atoms in total. The second-order valence-electron chi connectivity index (χ2n) is 5.26. The zero-order chi connectivity index (χ0) is 15.1. The number of rotatable bonds is 1. The number of benzene rings is 1. The number of halogens is 3. The van der Waals surface area contributed by atoms with Crippen molar-refractivity contribution < 1.29 is 22.8 Å². The molecule has 0 radical (unpaired) electrons. The largest absolute Gasteiger partial charge is 0.416 e. The summed E-state index contributed by atoms with van der Waals surface area (Å²) in [4.78, 5) is 24.7. The van der Waals surface area contributed by atoms with E-state index in [2.05, 4.69) is 5.32 Å². The van der Waals surface area contributed by atoms with E-state index in [9.17, 15) is 22.8 Å². The summed E-state index contributed by atoms with van der Waals surface area (Å²) in [7, 11) is 0. The molecule has 7 heteroatoms. The van der Waals surface area contributed by atoms with Gasteiger partial charge in [-0.15, -0.1) is 0 Å². The number of imide groups is 1. The quantitative estimate of drug-likeness (QED) is 0.863. The molecule has 108 valence electrons. The Labute approximate surface area is 113 Å².